The van der Waals surface area contributed by atoms with Crippen LogP contribution in [0.3, 0.4) is 0 Å². The Labute approximate surface area is 142 Å². The normalized spacial score (nSPS) is 17.0. The molecule has 24 heavy (non-hydrogen) atoms. The van der Waals surface area contributed by atoms with Crippen LogP contribution in [0.2, 0.25) is 0 Å². The van der Waals surface area contributed by atoms with Crippen molar-refractivity contribution in [3.05, 3.63) is 29.8 Å². The van der Waals surface area contributed by atoms with Gasteiger partial charge < -0.3 is 20.1 Å². The Bertz CT molecular complexity index is 554. The van der Waals surface area contributed by atoms with Crippen molar-refractivity contribution in [3.8, 4) is 0 Å². The first-order chi connectivity index (χ1) is 11.6. The van der Waals surface area contributed by atoms with E-state index in [0.717, 1.165) is 19.3 Å². The van der Waals surface area contributed by atoms with Gasteiger partial charge in [-0.05, 0) is 51.3 Å². The number of anilines is 1. The van der Waals surface area contributed by atoms with Crippen molar-refractivity contribution >= 4 is 17.5 Å². The fourth-order valence-corrected chi connectivity index (χ4v) is 2.44. The van der Waals surface area contributed by atoms with Crippen LogP contribution in [-0.4, -0.2) is 43.8 Å². The molecule has 0 saturated carbocycles. The summed E-state index contributed by atoms with van der Waals surface area (Å²) < 4.78 is 10.8. The van der Waals surface area contributed by atoms with Crippen molar-refractivity contribution in [3.63, 3.8) is 0 Å². The van der Waals surface area contributed by atoms with Gasteiger partial charge in [0.1, 0.15) is 6.10 Å². The summed E-state index contributed by atoms with van der Waals surface area (Å²) >= 11 is 0. The number of nitrogens with one attached hydrogen (secondary N) is 2. The van der Waals surface area contributed by atoms with Crippen LogP contribution in [0.5, 0.6) is 0 Å². The molecule has 2 rings (SSSR count). The average Bonchev–Trinajstić information content (AvgIpc) is 3.09. The van der Waals surface area contributed by atoms with Gasteiger partial charge >= 0.3 is 0 Å². The number of ether oxygens (including phenoxy) is 2. The van der Waals surface area contributed by atoms with Crippen LogP contribution in [-0.2, 0) is 14.3 Å². The largest absolute Gasteiger partial charge is 0.379 e. The molecule has 0 aromatic heterocycles. The van der Waals surface area contributed by atoms with Gasteiger partial charge in [-0.3, -0.25) is 9.59 Å². The first-order valence-corrected chi connectivity index (χ1v) is 8.48. The topological polar surface area (TPSA) is 76.7 Å². The third-order valence-corrected chi connectivity index (χ3v) is 3.67. The zero-order chi connectivity index (χ0) is 17.4. The standard InChI is InChI=1S/C18H26N2O4/c1-13(2)23-11-5-9-19-17(21)14-6-3-7-15(12-14)20-18(22)16-8-4-10-24-16/h3,6-7,12-13,16H,4-5,8-11H2,1-2H3,(H,19,21)(H,20,22). The molecule has 1 aliphatic rings. The molecule has 1 aliphatic heterocycles. The van der Waals surface area contributed by atoms with E-state index in [-0.39, 0.29) is 24.0 Å². The first kappa shape index (κ1) is 18.4. The maximum absolute atomic E-state index is 12.1. The summed E-state index contributed by atoms with van der Waals surface area (Å²) in [5, 5.41) is 5.66. The minimum atomic E-state index is -0.386. The summed E-state index contributed by atoms with van der Waals surface area (Å²) in [4.78, 5) is 24.2. The molecule has 6 heteroatoms. The SMILES string of the molecule is CC(C)OCCCNC(=O)c1cccc(NC(=O)C2CCCO2)c1. The van der Waals surface area contributed by atoms with Gasteiger partial charge in [-0.15, -0.1) is 0 Å². The Morgan fingerprint density at radius 2 is 2.21 bits per heavy atom. The van der Waals surface area contributed by atoms with Crippen molar-refractivity contribution < 1.29 is 19.1 Å². The van der Waals surface area contributed by atoms with Gasteiger partial charge in [0.2, 0.25) is 0 Å². The number of benzene rings is 1. The van der Waals surface area contributed by atoms with Crippen LogP contribution in [0, 0.1) is 0 Å². The van der Waals surface area contributed by atoms with E-state index >= 15 is 0 Å². The van der Waals surface area contributed by atoms with Gasteiger partial charge in [0.25, 0.3) is 11.8 Å². The molecular weight excluding hydrogens is 308 g/mol. The molecule has 1 saturated heterocycles. The highest BCUT2D eigenvalue weighted by Gasteiger charge is 2.23. The molecule has 1 atom stereocenters. The highest BCUT2D eigenvalue weighted by Crippen LogP contribution is 2.16. The molecule has 1 heterocycles. The smallest absolute Gasteiger partial charge is 0.253 e. The van der Waals surface area contributed by atoms with Gasteiger partial charge in [-0.1, -0.05) is 6.07 Å². The molecule has 0 spiro atoms. The lowest BCUT2D eigenvalue weighted by Gasteiger charge is -2.12. The third kappa shape index (κ3) is 5.94. The second-order valence-electron chi connectivity index (χ2n) is 6.10. The highest BCUT2D eigenvalue weighted by molar-refractivity contribution is 5.98. The van der Waals surface area contributed by atoms with E-state index in [0.29, 0.717) is 31.0 Å². The zero-order valence-electron chi connectivity index (χ0n) is 14.3. The van der Waals surface area contributed by atoms with Crippen LogP contribution in [0.4, 0.5) is 5.69 Å². The van der Waals surface area contributed by atoms with E-state index in [1.54, 1.807) is 24.3 Å². The summed E-state index contributed by atoms with van der Waals surface area (Å²) in [6, 6.07) is 6.91. The minimum Gasteiger partial charge on any atom is -0.379 e. The van der Waals surface area contributed by atoms with Crippen molar-refractivity contribution in [2.24, 2.45) is 0 Å². The Balaban J connectivity index is 1.80. The zero-order valence-corrected chi connectivity index (χ0v) is 14.3. The number of amides is 2. The minimum absolute atomic E-state index is 0.157. The highest BCUT2D eigenvalue weighted by atomic mass is 16.5. The van der Waals surface area contributed by atoms with Crippen LogP contribution in [0.1, 0.15) is 43.5 Å². The quantitative estimate of drug-likeness (QED) is 0.716. The number of carbonyl (C=O) groups excluding carboxylic acids is 2. The van der Waals surface area contributed by atoms with Crippen LogP contribution < -0.4 is 10.6 Å². The summed E-state index contributed by atoms with van der Waals surface area (Å²) in [7, 11) is 0. The molecule has 1 unspecified atom stereocenters. The van der Waals surface area contributed by atoms with Crippen LogP contribution in [0.25, 0.3) is 0 Å². The molecule has 1 aromatic rings. The molecule has 2 amide bonds. The van der Waals surface area contributed by atoms with Crippen LogP contribution >= 0.6 is 0 Å². The molecule has 1 aromatic carbocycles. The van der Waals surface area contributed by atoms with Crippen molar-refractivity contribution in [1.29, 1.82) is 0 Å². The van der Waals surface area contributed by atoms with E-state index in [4.69, 9.17) is 9.47 Å². The Morgan fingerprint density at radius 1 is 1.38 bits per heavy atom. The van der Waals surface area contributed by atoms with Gasteiger partial charge in [0, 0.05) is 31.0 Å². The molecule has 132 valence electrons. The van der Waals surface area contributed by atoms with E-state index in [2.05, 4.69) is 10.6 Å². The van der Waals surface area contributed by atoms with Crippen LogP contribution in [0.15, 0.2) is 24.3 Å². The van der Waals surface area contributed by atoms with Gasteiger partial charge in [-0.2, -0.15) is 0 Å². The van der Waals surface area contributed by atoms with E-state index in [1.165, 1.54) is 0 Å². The number of carbonyl (C=O) groups is 2. The molecule has 1 fully saturated rings. The molecular formula is C18H26N2O4. The maximum Gasteiger partial charge on any atom is 0.253 e. The summed E-state index contributed by atoms with van der Waals surface area (Å²) in [6.45, 7) is 5.76. The Kier molecular flexibility index (Phi) is 7.21. The van der Waals surface area contributed by atoms with Crippen molar-refractivity contribution in [1.82, 2.24) is 5.32 Å². The summed E-state index contributed by atoms with van der Waals surface area (Å²) in [6.07, 6.45) is 2.22. The molecule has 6 nitrogen and oxygen atoms in total. The Morgan fingerprint density at radius 3 is 2.92 bits per heavy atom. The monoisotopic (exact) mass is 334 g/mol. The predicted octanol–water partition coefficient (Wildman–Crippen LogP) is 2.35. The second kappa shape index (κ2) is 9.39. The molecule has 2 N–H and O–H groups in total. The summed E-state index contributed by atoms with van der Waals surface area (Å²) in [5.41, 5.74) is 1.12. The first-order valence-electron chi connectivity index (χ1n) is 8.48. The molecule has 0 bridgehead atoms. The third-order valence-electron chi connectivity index (χ3n) is 3.67. The van der Waals surface area contributed by atoms with Gasteiger partial charge in [-0.25, -0.2) is 0 Å². The maximum atomic E-state index is 12.1. The fourth-order valence-electron chi connectivity index (χ4n) is 2.44. The molecule has 0 radical (unpaired) electrons. The predicted molar refractivity (Wildman–Crippen MR) is 92.1 cm³/mol. The second-order valence-corrected chi connectivity index (χ2v) is 6.10. The Hall–Kier alpha value is -1.92. The fraction of sp³-hybridized carbons (Fsp3) is 0.556. The lowest BCUT2D eigenvalue weighted by Crippen LogP contribution is -2.27. The van der Waals surface area contributed by atoms with E-state index < -0.39 is 0 Å². The van der Waals surface area contributed by atoms with Crippen molar-refractivity contribution in [2.75, 3.05) is 25.1 Å². The summed E-state index contributed by atoms with van der Waals surface area (Å²) in [5.74, 6) is -0.316. The number of hydrogen-bond donors (Lipinski definition) is 2. The average molecular weight is 334 g/mol. The van der Waals surface area contributed by atoms with Gasteiger partial charge in [0.15, 0.2) is 0 Å². The molecule has 0 aliphatic carbocycles. The lowest BCUT2D eigenvalue weighted by atomic mass is 10.1. The van der Waals surface area contributed by atoms with E-state index in [9.17, 15) is 9.59 Å². The van der Waals surface area contributed by atoms with Gasteiger partial charge in [0.05, 0.1) is 6.10 Å². The lowest BCUT2D eigenvalue weighted by molar-refractivity contribution is -0.124. The number of rotatable bonds is 8. The van der Waals surface area contributed by atoms with Crippen molar-refractivity contribution in [2.45, 2.75) is 45.3 Å². The van der Waals surface area contributed by atoms with E-state index in [1.807, 2.05) is 13.8 Å². The number of hydrogen-bond acceptors (Lipinski definition) is 4.